The highest BCUT2D eigenvalue weighted by atomic mass is 127. The lowest BCUT2D eigenvalue weighted by molar-refractivity contribution is -0.121. The number of rotatable bonds is 1. The van der Waals surface area contributed by atoms with E-state index in [9.17, 15) is 9.59 Å². The molecule has 0 saturated carbocycles. The van der Waals surface area contributed by atoms with Gasteiger partial charge in [-0.1, -0.05) is 0 Å². The van der Waals surface area contributed by atoms with Crippen molar-refractivity contribution in [2.24, 2.45) is 0 Å². The van der Waals surface area contributed by atoms with Crippen molar-refractivity contribution in [1.82, 2.24) is 4.98 Å². The van der Waals surface area contributed by atoms with Crippen molar-refractivity contribution in [2.75, 3.05) is 11.4 Å². The zero-order valence-corrected chi connectivity index (χ0v) is 9.39. The Bertz CT molecular complexity index is 406. The summed E-state index contributed by atoms with van der Waals surface area (Å²) in [6, 6.07) is 3.66. The Kier molecular flexibility index (Phi) is 2.49. The second-order valence-electron chi connectivity index (χ2n) is 3.00. The van der Waals surface area contributed by atoms with Crippen LogP contribution < -0.4 is 4.90 Å². The quantitative estimate of drug-likeness (QED) is 0.574. The number of pyridine rings is 1. The minimum Gasteiger partial charge on any atom is -0.297 e. The monoisotopic (exact) mass is 302 g/mol. The number of amides is 1. The Morgan fingerprint density at radius 2 is 2.21 bits per heavy atom. The van der Waals surface area contributed by atoms with Crippen molar-refractivity contribution < 1.29 is 9.59 Å². The van der Waals surface area contributed by atoms with Crippen LogP contribution in [0.5, 0.6) is 0 Å². The van der Waals surface area contributed by atoms with E-state index in [-0.39, 0.29) is 24.7 Å². The summed E-state index contributed by atoms with van der Waals surface area (Å²) < 4.78 is 0.883. The zero-order valence-electron chi connectivity index (χ0n) is 7.24. The Labute approximate surface area is 94.4 Å². The van der Waals surface area contributed by atoms with Gasteiger partial charge in [0.05, 0.1) is 16.5 Å². The molecule has 72 valence electrons. The first-order chi connectivity index (χ1) is 6.68. The summed E-state index contributed by atoms with van der Waals surface area (Å²) in [6.07, 6.45) is 1.63. The van der Waals surface area contributed by atoms with Crippen LogP contribution in [-0.2, 0) is 9.59 Å². The molecule has 0 radical (unpaired) electrons. The van der Waals surface area contributed by atoms with Gasteiger partial charge in [-0.2, -0.15) is 0 Å². The Balaban J connectivity index is 2.36. The van der Waals surface area contributed by atoms with Crippen molar-refractivity contribution in [3.63, 3.8) is 0 Å². The van der Waals surface area contributed by atoms with E-state index in [0.717, 1.165) is 3.57 Å². The number of nitrogens with zero attached hydrogens (tertiary/aromatic N) is 2. The Morgan fingerprint density at radius 3 is 2.79 bits per heavy atom. The molecule has 0 bridgehead atoms. The summed E-state index contributed by atoms with van der Waals surface area (Å²) in [7, 11) is 0. The van der Waals surface area contributed by atoms with E-state index in [2.05, 4.69) is 27.6 Å². The lowest BCUT2D eigenvalue weighted by Gasteiger charge is -2.14. The maximum atomic E-state index is 11.4. The molecule has 0 spiro atoms. The highest BCUT2D eigenvalue weighted by Crippen LogP contribution is 2.22. The van der Waals surface area contributed by atoms with Gasteiger partial charge < -0.3 is 0 Å². The molecule has 1 aliphatic rings. The van der Waals surface area contributed by atoms with Gasteiger partial charge in [0.2, 0.25) is 5.91 Å². The number of aromatic nitrogens is 1. The molecule has 1 saturated heterocycles. The van der Waals surface area contributed by atoms with Crippen molar-refractivity contribution >= 4 is 40.1 Å². The third-order valence-electron chi connectivity index (χ3n) is 1.98. The highest BCUT2D eigenvalue weighted by molar-refractivity contribution is 14.1. The Hall–Kier alpha value is -0.980. The smallest absolute Gasteiger partial charge is 0.236 e. The normalized spacial score (nSPS) is 16.5. The van der Waals surface area contributed by atoms with E-state index >= 15 is 0 Å². The maximum Gasteiger partial charge on any atom is 0.236 e. The summed E-state index contributed by atoms with van der Waals surface area (Å²) in [5, 5.41) is 0. The minimum absolute atomic E-state index is 0.00660. The van der Waals surface area contributed by atoms with Gasteiger partial charge in [-0.15, -0.1) is 0 Å². The first-order valence-electron chi connectivity index (χ1n) is 4.11. The number of carbonyl (C=O) groups is 2. The predicted molar refractivity (Wildman–Crippen MR) is 58.9 cm³/mol. The SMILES string of the molecule is O=C1CC(=O)N(c2ncccc2I)C1. The van der Waals surface area contributed by atoms with Gasteiger partial charge in [-0.3, -0.25) is 14.5 Å². The first kappa shape index (κ1) is 9.57. The summed E-state index contributed by atoms with van der Waals surface area (Å²) in [5.41, 5.74) is 0. The summed E-state index contributed by atoms with van der Waals surface area (Å²) in [4.78, 5) is 28.0. The van der Waals surface area contributed by atoms with Gasteiger partial charge in [0.15, 0.2) is 5.78 Å². The maximum absolute atomic E-state index is 11.4. The van der Waals surface area contributed by atoms with Crippen LogP contribution in [0.25, 0.3) is 0 Å². The van der Waals surface area contributed by atoms with Gasteiger partial charge in [0.25, 0.3) is 0 Å². The van der Waals surface area contributed by atoms with Crippen LogP contribution in [0, 0.1) is 3.57 Å². The van der Waals surface area contributed by atoms with Gasteiger partial charge in [0, 0.05) is 6.20 Å². The molecule has 0 atom stereocenters. The lowest BCUT2D eigenvalue weighted by Crippen LogP contribution is -2.26. The number of halogens is 1. The fourth-order valence-corrected chi connectivity index (χ4v) is 1.99. The van der Waals surface area contributed by atoms with Gasteiger partial charge in [-0.25, -0.2) is 4.98 Å². The third kappa shape index (κ3) is 1.63. The fraction of sp³-hybridized carbons (Fsp3) is 0.222. The van der Waals surface area contributed by atoms with Crippen LogP contribution in [-0.4, -0.2) is 23.2 Å². The van der Waals surface area contributed by atoms with E-state index in [1.165, 1.54) is 4.90 Å². The van der Waals surface area contributed by atoms with E-state index in [4.69, 9.17) is 0 Å². The fourth-order valence-electron chi connectivity index (χ4n) is 1.35. The van der Waals surface area contributed by atoms with Crippen LogP contribution in [0.15, 0.2) is 18.3 Å². The molecule has 1 aromatic heterocycles. The number of hydrogen-bond donors (Lipinski definition) is 0. The van der Waals surface area contributed by atoms with E-state index in [1.54, 1.807) is 12.3 Å². The van der Waals surface area contributed by atoms with E-state index < -0.39 is 0 Å². The van der Waals surface area contributed by atoms with Crippen LogP contribution in [0.1, 0.15) is 6.42 Å². The Morgan fingerprint density at radius 1 is 1.43 bits per heavy atom. The van der Waals surface area contributed by atoms with Crippen molar-refractivity contribution in [3.05, 3.63) is 21.9 Å². The molecule has 0 aromatic carbocycles. The molecular formula is C9H7IN2O2. The molecule has 1 fully saturated rings. The molecule has 0 N–H and O–H groups in total. The molecule has 2 heterocycles. The highest BCUT2D eigenvalue weighted by Gasteiger charge is 2.30. The second kappa shape index (κ2) is 3.64. The molecule has 5 heteroatoms. The minimum atomic E-state index is -0.161. The lowest BCUT2D eigenvalue weighted by atomic mass is 10.3. The van der Waals surface area contributed by atoms with Crippen molar-refractivity contribution in [2.45, 2.75) is 6.42 Å². The average Bonchev–Trinajstić information content (AvgIpc) is 2.46. The summed E-state index contributed by atoms with van der Waals surface area (Å²) >= 11 is 2.10. The van der Waals surface area contributed by atoms with Crippen LogP contribution >= 0.6 is 22.6 Å². The number of hydrogen-bond acceptors (Lipinski definition) is 3. The van der Waals surface area contributed by atoms with Crippen LogP contribution in [0.2, 0.25) is 0 Å². The average molecular weight is 302 g/mol. The number of Topliss-reactive ketones (excluding diaryl/α,β-unsaturated/α-hetero) is 1. The summed E-state index contributed by atoms with van der Waals surface area (Å²) in [5.74, 6) is 0.381. The van der Waals surface area contributed by atoms with Crippen molar-refractivity contribution in [1.29, 1.82) is 0 Å². The number of carbonyl (C=O) groups excluding carboxylic acids is 2. The van der Waals surface area contributed by atoms with Gasteiger partial charge in [-0.05, 0) is 34.7 Å². The molecule has 1 amide bonds. The zero-order chi connectivity index (χ0) is 10.1. The van der Waals surface area contributed by atoms with E-state index in [0.29, 0.717) is 5.82 Å². The van der Waals surface area contributed by atoms with Crippen LogP contribution in [0.4, 0.5) is 5.82 Å². The predicted octanol–water partition coefficient (Wildman–Crippen LogP) is 0.992. The molecule has 0 unspecified atom stereocenters. The van der Waals surface area contributed by atoms with Crippen LogP contribution in [0.3, 0.4) is 0 Å². The van der Waals surface area contributed by atoms with E-state index in [1.807, 2.05) is 6.07 Å². The molecule has 0 aliphatic carbocycles. The molecule has 2 rings (SSSR count). The van der Waals surface area contributed by atoms with Gasteiger partial charge in [0.1, 0.15) is 5.82 Å². The first-order valence-corrected chi connectivity index (χ1v) is 5.19. The molecule has 1 aliphatic heterocycles. The number of anilines is 1. The second-order valence-corrected chi connectivity index (χ2v) is 4.17. The largest absolute Gasteiger partial charge is 0.297 e. The molecule has 4 nitrogen and oxygen atoms in total. The standard InChI is InChI=1S/C9H7IN2O2/c10-7-2-1-3-11-9(7)12-5-6(13)4-8(12)14/h1-3H,4-5H2. The van der Waals surface area contributed by atoms with Crippen molar-refractivity contribution in [3.8, 4) is 0 Å². The number of ketones is 1. The molecule has 1 aromatic rings. The molecular weight excluding hydrogens is 295 g/mol. The van der Waals surface area contributed by atoms with Gasteiger partial charge >= 0.3 is 0 Å². The topological polar surface area (TPSA) is 50.3 Å². The summed E-state index contributed by atoms with van der Waals surface area (Å²) in [6.45, 7) is 0.159. The molecule has 14 heavy (non-hydrogen) atoms. The third-order valence-corrected chi connectivity index (χ3v) is 2.82.